The molecule has 2 aliphatic rings. The molecule has 148 valence electrons. The van der Waals surface area contributed by atoms with Gasteiger partial charge in [-0.3, -0.25) is 0 Å². The lowest BCUT2D eigenvalue weighted by Crippen LogP contribution is -2.41. The van der Waals surface area contributed by atoms with E-state index in [4.69, 9.17) is 14.0 Å². The Balaban J connectivity index is 1.59. The van der Waals surface area contributed by atoms with E-state index in [-0.39, 0.29) is 30.0 Å². The number of ether oxygens (including phenoxy) is 1. The van der Waals surface area contributed by atoms with Crippen molar-refractivity contribution in [1.82, 2.24) is 0 Å². The minimum atomic E-state index is -2.79. The molecule has 3 rings (SSSR count). The third-order valence-electron chi connectivity index (χ3n) is 5.61. The second-order valence-corrected chi connectivity index (χ2v) is 10.2. The fraction of sp³-hybridized carbons (Fsp3) is 0.550. The Morgan fingerprint density at radius 1 is 1.15 bits per heavy atom. The quantitative estimate of drug-likeness (QED) is 0.305. The van der Waals surface area contributed by atoms with Gasteiger partial charge in [0.25, 0.3) is 0 Å². The molecule has 1 heterocycles. The van der Waals surface area contributed by atoms with Crippen molar-refractivity contribution in [3.05, 3.63) is 41.4 Å². The molecule has 0 radical (unpaired) electrons. The van der Waals surface area contributed by atoms with Gasteiger partial charge in [-0.25, -0.2) is 0 Å². The van der Waals surface area contributed by atoms with Crippen LogP contribution in [-0.4, -0.2) is 28.9 Å². The summed E-state index contributed by atoms with van der Waals surface area (Å²) in [4.78, 5) is 0. The van der Waals surface area contributed by atoms with Crippen molar-refractivity contribution in [2.75, 3.05) is 0 Å². The maximum Gasteiger partial charge on any atom is 0.490 e. The molecule has 0 bridgehead atoms. The minimum absolute atomic E-state index is 0.0178. The number of hydrogen-bond donors (Lipinski definition) is 0. The van der Waals surface area contributed by atoms with Crippen LogP contribution in [0.25, 0.3) is 0 Å². The van der Waals surface area contributed by atoms with Crippen molar-refractivity contribution >= 4 is 32.4 Å². The second-order valence-electron chi connectivity index (χ2n) is 8.04. The summed E-state index contributed by atoms with van der Waals surface area (Å²) in [5, 5.41) is 0. The zero-order valence-electron chi connectivity index (χ0n) is 16.2. The van der Waals surface area contributed by atoms with Crippen LogP contribution in [0.1, 0.15) is 52.5 Å². The van der Waals surface area contributed by atoms with Gasteiger partial charge in [-0.1, -0.05) is 10.6 Å². The van der Waals surface area contributed by atoms with Crippen LogP contribution in [0.5, 0.6) is 5.75 Å². The van der Waals surface area contributed by atoms with Crippen molar-refractivity contribution < 1.29 is 22.8 Å². The van der Waals surface area contributed by atoms with Crippen molar-refractivity contribution in [3.8, 4) is 5.75 Å². The number of benzene rings is 1. The van der Waals surface area contributed by atoms with Crippen LogP contribution < -0.4 is 4.74 Å². The predicted octanol–water partition coefficient (Wildman–Crippen LogP) is 5.63. The maximum absolute atomic E-state index is 13.7. The van der Waals surface area contributed by atoms with Gasteiger partial charge in [-0.05, 0) is 91.0 Å². The Hall–Kier alpha value is -0.795. The summed E-state index contributed by atoms with van der Waals surface area (Å²) in [5.41, 5.74) is 0.491. The van der Waals surface area contributed by atoms with Gasteiger partial charge in [0.1, 0.15) is 11.9 Å². The van der Waals surface area contributed by atoms with Crippen LogP contribution in [0, 0.1) is 0 Å². The van der Waals surface area contributed by atoms with E-state index in [0.29, 0.717) is 5.75 Å². The molecule has 27 heavy (non-hydrogen) atoms. The number of hydrogen-bond acceptors (Lipinski definition) is 3. The lowest BCUT2D eigenvalue weighted by Gasteiger charge is -2.32. The van der Waals surface area contributed by atoms with Gasteiger partial charge in [0.2, 0.25) is 0 Å². The van der Waals surface area contributed by atoms with E-state index >= 15 is 0 Å². The summed E-state index contributed by atoms with van der Waals surface area (Å²) in [6.45, 7) is 8.19. The molecule has 1 fully saturated rings. The van der Waals surface area contributed by atoms with Gasteiger partial charge < -0.3 is 14.0 Å². The van der Waals surface area contributed by atoms with E-state index in [2.05, 4.69) is 10.6 Å². The number of halogens is 3. The van der Waals surface area contributed by atoms with Gasteiger partial charge in [0.15, 0.2) is 0 Å². The number of rotatable bonds is 5. The zero-order valence-corrected chi connectivity index (χ0v) is 18.4. The van der Waals surface area contributed by atoms with E-state index in [0.717, 1.165) is 24.7 Å². The number of alkyl halides is 3. The van der Waals surface area contributed by atoms with Crippen LogP contribution >= 0.6 is 20.7 Å². The Morgan fingerprint density at radius 2 is 1.74 bits per heavy atom. The molecule has 0 N–H and O–H groups in total. The summed E-state index contributed by atoms with van der Waals surface area (Å²) in [7, 11) is -0.302. The largest absolute Gasteiger partial charge is 0.490 e. The Morgan fingerprint density at radius 3 is 2.22 bits per heavy atom. The summed E-state index contributed by atoms with van der Waals surface area (Å²) in [6.07, 6.45) is 4.60. The van der Waals surface area contributed by atoms with Gasteiger partial charge in [0, 0.05) is 12.0 Å². The van der Waals surface area contributed by atoms with E-state index < -0.39 is 24.7 Å². The molecular formula is C20H26BF2IO3. The Kier molecular flexibility index (Phi) is 5.86. The highest BCUT2D eigenvalue weighted by atomic mass is 127. The fourth-order valence-electron chi connectivity index (χ4n) is 3.14. The third kappa shape index (κ3) is 4.45. The monoisotopic (exact) mass is 490 g/mol. The first-order valence-corrected chi connectivity index (χ1v) is 11.7. The third-order valence-corrected chi connectivity index (χ3v) is 7.19. The summed E-state index contributed by atoms with van der Waals surface area (Å²) in [5.74, 6) is 0.620. The molecule has 3 nitrogen and oxygen atoms in total. The molecular weight excluding hydrogens is 464 g/mol. The molecule has 1 saturated heterocycles. The minimum Gasteiger partial charge on any atom is -0.490 e. The highest BCUT2D eigenvalue weighted by Gasteiger charge is 2.52. The van der Waals surface area contributed by atoms with Crippen LogP contribution in [-0.2, 0) is 13.2 Å². The highest BCUT2D eigenvalue weighted by Crippen LogP contribution is 2.41. The molecule has 1 atom stereocenters. The van der Waals surface area contributed by atoms with E-state index in [1.165, 1.54) is 12.1 Å². The lowest BCUT2D eigenvalue weighted by atomic mass is 9.72. The van der Waals surface area contributed by atoms with Crippen molar-refractivity contribution in [1.29, 1.82) is 0 Å². The molecule has 1 aliphatic heterocycles. The summed E-state index contributed by atoms with van der Waals surface area (Å²) < 4.78 is 46.2. The Labute approximate surface area is 170 Å². The van der Waals surface area contributed by atoms with Crippen LogP contribution in [0.2, 0.25) is 0 Å². The van der Waals surface area contributed by atoms with Crippen molar-refractivity contribution in [2.24, 2.45) is 0 Å². The maximum atomic E-state index is 13.7. The van der Waals surface area contributed by atoms with E-state index in [1.54, 1.807) is 12.1 Å². The van der Waals surface area contributed by atoms with Crippen LogP contribution in [0.3, 0.4) is 0 Å². The first-order chi connectivity index (χ1) is 12.5. The normalized spacial score (nSPS) is 24.6. The van der Waals surface area contributed by atoms with Gasteiger partial charge in [0.05, 0.1) is 11.2 Å². The summed E-state index contributed by atoms with van der Waals surface area (Å²) in [6, 6.07) is 6.12. The van der Waals surface area contributed by atoms with Crippen LogP contribution in [0.4, 0.5) is 8.78 Å². The fourth-order valence-corrected chi connectivity index (χ4v) is 3.94. The molecule has 0 amide bonds. The molecule has 1 aromatic carbocycles. The standard InChI is InChI=1S/C20H26BF2IO3/c1-18(2)19(3,4)27-21(26-18)15-8-12-17(13-9-15)25-16-10-6-14(7-11-16)20(22,23)24-5/h6-8,10-11,17H,5,9,12-13H2,1-4H3. The molecule has 7 heteroatoms. The second kappa shape index (κ2) is 7.56. The van der Waals surface area contributed by atoms with Gasteiger partial charge in [-0.2, -0.15) is 8.78 Å². The molecule has 0 saturated carbocycles. The lowest BCUT2D eigenvalue weighted by molar-refractivity contribution is 0.00578. The molecule has 0 spiro atoms. The van der Waals surface area contributed by atoms with E-state index in [9.17, 15) is 8.78 Å². The SMILES string of the molecule is C=IC(F)(F)c1ccc(OC2CC=C(B3OC(C)(C)C(C)(C)O3)CC2)cc1. The molecule has 0 aromatic heterocycles. The Bertz CT molecular complexity index is 715. The molecule has 1 aromatic rings. The number of allylic oxidation sites excluding steroid dienone is 1. The van der Waals surface area contributed by atoms with Gasteiger partial charge >= 0.3 is 11.0 Å². The van der Waals surface area contributed by atoms with E-state index in [1.807, 2.05) is 27.7 Å². The smallest absolute Gasteiger partial charge is 0.490 e. The molecule has 1 unspecified atom stereocenters. The predicted molar refractivity (Wildman–Crippen MR) is 114 cm³/mol. The zero-order chi connectivity index (χ0) is 19.9. The average Bonchev–Trinajstić information content (AvgIpc) is 2.84. The van der Waals surface area contributed by atoms with Crippen molar-refractivity contribution in [3.63, 3.8) is 0 Å². The van der Waals surface area contributed by atoms with Crippen LogP contribution in [0.15, 0.2) is 35.8 Å². The first kappa shape index (κ1) is 20.9. The highest BCUT2D eigenvalue weighted by molar-refractivity contribution is 14.2. The van der Waals surface area contributed by atoms with Gasteiger partial charge in [-0.15, -0.1) is 0 Å². The average molecular weight is 490 g/mol. The van der Waals surface area contributed by atoms with Crippen molar-refractivity contribution in [2.45, 2.75) is 68.2 Å². The summed E-state index contributed by atoms with van der Waals surface area (Å²) >= 11 is -1.42. The molecule has 1 aliphatic carbocycles. The topological polar surface area (TPSA) is 27.7 Å². The first-order valence-electron chi connectivity index (χ1n) is 9.13.